The minimum Gasteiger partial charge on any atom is -0.381 e. The van der Waals surface area contributed by atoms with Crippen LogP contribution < -0.4 is 5.73 Å². The summed E-state index contributed by atoms with van der Waals surface area (Å²) in [5.74, 6) is 3.55. The number of ether oxygens (including phenoxy) is 1. The first-order valence-electron chi connectivity index (χ1n) is 4.05. The van der Waals surface area contributed by atoms with E-state index in [1.807, 2.05) is 0 Å². The molecule has 2 N–H and O–H groups in total. The highest BCUT2D eigenvalue weighted by Crippen LogP contribution is 2.23. The van der Waals surface area contributed by atoms with Crippen molar-refractivity contribution in [2.45, 2.75) is 19.4 Å². The van der Waals surface area contributed by atoms with Gasteiger partial charge >= 0.3 is 0 Å². The van der Waals surface area contributed by atoms with E-state index < -0.39 is 0 Å². The Morgan fingerprint density at radius 3 is 3.00 bits per heavy atom. The summed E-state index contributed by atoms with van der Waals surface area (Å²) in [6.45, 7) is 3.76. The van der Waals surface area contributed by atoms with Crippen LogP contribution in [0.25, 0.3) is 0 Å². The van der Waals surface area contributed by atoms with E-state index in [0.717, 1.165) is 19.6 Å². The zero-order chi connectivity index (χ0) is 8.27. The maximum absolute atomic E-state index is 5.75. The molecule has 1 aliphatic rings. The summed E-state index contributed by atoms with van der Waals surface area (Å²) in [7, 11) is 0. The molecule has 0 bridgehead atoms. The van der Waals surface area contributed by atoms with Crippen molar-refractivity contribution < 1.29 is 4.74 Å². The quantitative estimate of drug-likeness (QED) is 0.560. The Morgan fingerprint density at radius 2 is 2.45 bits per heavy atom. The van der Waals surface area contributed by atoms with Crippen LogP contribution in [-0.4, -0.2) is 19.3 Å². The molecule has 0 saturated carbocycles. The molecule has 1 saturated heterocycles. The third-order valence-electron chi connectivity index (χ3n) is 2.36. The van der Waals surface area contributed by atoms with Gasteiger partial charge in [-0.3, -0.25) is 0 Å². The summed E-state index contributed by atoms with van der Waals surface area (Å²) in [5, 5.41) is 0. The molecule has 1 heterocycles. The van der Waals surface area contributed by atoms with Crippen molar-refractivity contribution in [3.05, 3.63) is 0 Å². The van der Waals surface area contributed by atoms with Gasteiger partial charge in [-0.2, -0.15) is 0 Å². The van der Waals surface area contributed by atoms with E-state index in [-0.39, 0.29) is 6.04 Å². The molecule has 0 aromatic carbocycles. The van der Waals surface area contributed by atoms with Crippen LogP contribution in [0.2, 0.25) is 0 Å². The number of hydrogen-bond acceptors (Lipinski definition) is 2. The fourth-order valence-corrected chi connectivity index (χ4v) is 1.55. The Bertz CT molecular complexity index is 161. The lowest BCUT2D eigenvalue weighted by atomic mass is 9.84. The third-order valence-corrected chi connectivity index (χ3v) is 2.36. The Hall–Kier alpha value is -0.520. The second-order valence-electron chi connectivity index (χ2n) is 3.20. The van der Waals surface area contributed by atoms with Gasteiger partial charge in [0.1, 0.15) is 0 Å². The second kappa shape index (κ2) is 3.75. The lowest BCUT2D eigenvalue weighted by Crippen LogP contribution is -2.38. The van der Waals surface area contributed by atoms with E-state index in [1.54, 1.807) is 0 Å². The maximum atomic E-state index is 5.75. The van der Waals surface area contributed by atoms with Crippen molar-refractivity contribution in [2.24, 2.45) is 17.6 Å². The van der Waals surface area contributed by atoms with E-state index in [1.165, 1.54) is 0 Å². The van der Waals surface area contributed by atoms with E-state index >= 15 is 0 Å². The minimum atomic E-state index is -0.0890. The molecule has 11 heavy (non-hydrogen) atoms. The topological polar surface area (TPSA) is 35.2 Å². The predicted octanol–water partition coefficient (Wildman–Crippen LogP) is 0.619. The van der Waals surface area contributed by atoms with Crippen LogP contribution in [0.4, 0.5) is 0 Å². The molecule has 2 nitrogen and oxygen atoms in total. The number of terminal acetylenes is 1. The van der Waals surface area contributed by atoms with Gasteiger partial charge in [-0.05, 0) is 18.3 Å². The highest BCUT2D eigenvalue weighted by molar-refractivity contribution is 5.01. The van der Waals surface area contributed by atoms with Crippen LogP contribution in [0.1, 0.15) is 13.3 Å². The fraction of sp³-hybridized carbons (Fsp3) is 0.778. The van der Waals surface area contributed by atoms with Gasteiger partial charge in [0.05, 0.1) is 6.04 Å². The molecular formula is C9H15NO. The van der Waals surface area contributed by atoms with E-state index in [2.05, 4.69) is 12.8 Å². The first-order chi connectivity index (χ1) is 5.25. The lowest BCUT2D eigenvalue weighted by Gasteiger charge is -2.30. The van der Waals surface area contributed by atoms with Gasteiger partial charge in [-0.25, -0.2) is 0 Å². The third kappa shape index (κ3) is 1.95. The molecule has 3 unspecified atom stereocenters. The van der Waals surface area contributed by atoms with E-state index in [4.69, 9.17) is 16.9 Å². The molecule has 0 radical (unpaired) electrons. The average molecular weight is 153 g/mol. The van der Waals surface area contributed by atoms with Gasteiger partial charge in [0.15, 0.2) is 0 Å². The first kappa shape index (κ1) is 8.58. The van der Waals surface area contributed by atoms with Crippen LogP contribution in [-0.2, 0) is 4.74 Å². The molecule has 0 aromatic rings. The highest BCUT2D eigenvalue weighted by atomic mass is 16.5. The molecule has 3 atom stereocenters. The Balaban J connectivity index is 2.48. The maximum Gasteiger partial charge on any atom is 0.0694 e. The monoisotopic (exact) mass is 153 g/mol. The molecule has 1 rings (SSSR count). The summed E-state index contributed by atoms with van der Waals surface area (Å²) >= 11 is 0. The van der Waals surface area contributed by atoms with Crippen LogP contribution in [0.15, 0.2) is 0 Å². The number of nitrogens with two attached hydrogens (primary N) is 1. The van der Waals surface area contributed by atoms with Gasteiger partial charge in [-0.15, -0.1) is 6.42 Å². The van der Waals surface area contributed by atoms with Crippen LogP contribution >= 0.6 is 0 Å². The van der Waals surface area contributed by atoms with Gasteiger partial charge in [0.25, 0.3) is 0 Å². The lowest BCUT2D eigenvalue weighted by molar-refractivity contribution is 0.0213. The highest BCUT2D eigenvalue weighted by Gasteiger charge is 2.25. The van der Waals surface area contributed by atoms with Crippen molar-refractivity contribution in [3.8, 4) is 12.3 Å². The SMILES string of the molecule is C#CC(N)C1CCOCC1C. The number of hydrogen-bond donors (Lipinski definition) is 1. The van der Waals surface area contributed by atoms with Crippen molar-refractivity contribution >= 4 is 0 Å². The normalized spacial score (nSPS) is 34.3. The molecular weight excluding hydrogens is 138 g/mol. The largest absolute Gasteiger partial charge is 0.381 e. The summed E-state index contributed by atoms with van der Waals surface area (Å²) in [4.78, 5) is 0. The number of rotatable bonds is 1. The van der Waals surface area contributed by atoms with Crippen LogP contribution in [0.5, 0.6) is 0 Å². The molecule has 0 aromatic heterocycles. The summed E-state index contributed by atoms with van der Waals surface area (Å²) in [5.41, 5.74) is 5.75. The predicted molar refractivity (Wildman–Crippen MR) is 44.9 cm³/mol. The fourth-order valence-electron chi connectivity index (χ4n) is 1.55. The zero-order valence-electron chi connectivity index (χ0n) is 6.92. The van der Waals surface area contributed by atoms with E-state index in [9.17, 15) is 0 Å². The van der Waals surface area contributed by atoms with Crippen molar-refractivity contribution in [2.75, 3.05) is 13.2 Å². The summed E-state index contributed by atoms with van der Waals surface area (Å²) in [6.07, 6.45) is 6.26. The van der Waals surface area contributed by atoms with Crippen molar-refractivity contribution in [3.63, 3.8) is 0 Å². The van der Waals surface area contributed by atoms with E-state index in [0.29, 0.717) is 11.8 Å². The molecule has 62 valence electrons. The van der Waals surface area contributed by atoms with Gasteiger partial charge in [0, 0.05) is 13.2 Å². The summed E-state index contributed by atoms with van der Waals surface area (Å²) < 4.78 is 5.28. The molecule has 1 aliphatic heterocycles. The van der Waals surface area contributed by atoms with Crippen molar-refractivity contribution in [1.82, 2.24) is 0 Å². The molecule has 0 amide bonds. The summed E-state index contributed by atoms with van der Waals surface area (Å²) in [6, 6.07) is -0.0890. The van der Waals surface area contributed by atoms with Crippen LogP contribution in [0, 0.1) is 24.2 Å². The van der Waals surface area contributed by atoms with Crippen LogP contribution in [0.3, 0.4) is 0 Å². The van der Waals surface area contributed by atoms with Gasteiger partial charge in [-0.1, -0.05) is 12.8 Å². The molecule has 2 heteroatoms. The van der Waals surface area contributed by atoms with Crippen molar-refractivity contribution in [1.29, 1.82) is 0 Å². The van der Waals surface area contributed by atoms with Gasteiger partial charge < -0.3 is 10.5 Å². The molecule has 0 aliphatic carbocycles. The smallest absolute Gasteiger partial charge is 0.0694 e. The Labute approximate surface area is 68.1 Å². The van der Waals surface area contributed by atoms with Gasteiger partial charge in [0.2, 0.25) is 0 Å². The standard InChI is InChI=1S/C9H15NO/c1-3-9(10)8-4-5-11-6-7(8)2/h1,7-9H,4-6,10H2,2H3. The molecule has 1 fully saturated rings. The molecule has 0 spiro atoms. The Morgan fingerprint density at radius 1 is 1.73 bits per heavy atom. The Kier molecular flexibility index (Phi) is 2.92. The second-order valence-corrected chi connectivity index (χ2v) is 3.20. The minimum absolute atomic E-state index is 0.0890. The zero-order valence-corrected chi connectivity index (χ0v) is 6.92. The first-order valence-corrected chi connectivity index (χ1v) is 4.05. The average Bonchev–Trinajstić information content (AvgIpc) is 2.04.